The van der Waals surface area contributed by atoms with E-state index < -0.39 is 0 Å². The number of amides is 1. The Morgan fingerprint density at radius 3 is 2.67 bits per heavy atom. The van der Waals surface area contributed by atoms with Gasteiger partial charge in [-0.25, -0.2) is 0 Å². The Morgan fingerprint density at radius 1 is 1.29 bits per heavy atom. The highest BCUT2D eigenvalue weighted by atomic mass is 16.4. The fourth-order valence-corrected chi connectivity index (χ4v) is 1.91. The number of hydrogen-bond acceptors (Lipinski definition) is 5. The lowest BCUT2D eigenvalue weighted by molar-refractivity contribution is -0.122. The predicted molar refractivity (Wildman–Crippen MR) is 79.3 cm³/mol. The van der Waals surface area contributed by atoms with Crippen molar-refractivity contribution in [1.82, 2.24) is 20.4 Å². The SMILES string of the molecule is CC(C)NC(=O)CN(C)Cc1nnc(-c2ccccc2)o1. The average molecular weight is 288 g/mol. The van der Waals surface area contributed by atoms with Gasteiger partial charge in [-0.05, 0) is 33.0 Å². The summed E-state index contributed by atoms with van der Waals surface area (Å²) in [6, 6.07) is 9.73. The summed E-state index contributed by atoms with van der Waals surface area (Å²) in [6.07, 6.45) is 0. The fourth-order valence-electron chi connectivity index (χ4n) is 1.91. The van der Waals surface area contributed by atoms with Crippen LogP contribution in [0.4, 0.5) is 0 Å². The number of nitrogens with zero attached hydrogens (tertiary/aromatic N) is 3. The Hall–Kier alpha value is -2.21. The van der Waals surface area contributed by atoms with Crippen LogP contribution >= 0.6 is 0 Å². The van der Waals surface area contributed by atoms with E-state index in [-0.39, 0.29) is 11.9 Å². The third kappa shape index (κ3) is 4.68. The second-order valence-electron chi connectivity index (χ2n) is 5.26. The van der Waals surface area contributed by atoms with Crippen LogP contribution in [-0.4, -0.2) is 40.6 Å². The number of carbonyl (C=O) groups excluding carboxylic acids is 1. The predicted octanol–water partition coefficient (Wildman–Crippen LogP) is 1.69. The molecule has 0 aliphatic rings. The van der Waals surface area contributed by atoms with Crippen molar-refractivity contribution in [1.29, 1.82) is 0 Å². The summed E-state index contributed by atoms with van der Waals surface area (Å²) in [5.41, 5.74) is 0.886. The fraction of sp³-hybridized carbons (Fsp3) is 0.400. The number of rotatable bonds is 6. The molecule has 2 aromatic rings. The van der Waals surface area contributed by atoms with E-state index in [1.54, 1.807) is 0 Å². The molecule has 1 amide bonds. The van der Waals surface area contributed by atoms with Crippen molar-refractivity contribution in [3.05, 3.63) is 36.2 Å². The largest absolute Gasteiger partial charge is 0.419 e. The number of carbonyl (C=O) groups is 1. The summed E-state index contributed by atoms with van der Waals surface area (Å²) in [5.74, 6) is 0.967. The van der Waals surface area contributed by atoms with Gasteiger partial charge in [-0.3, -0.25) is 9.69 Å². The third-order valence-electron chi connectivity index (χ3n) is 2.76. The standard InChI is InChI=1S/C15H20N4O2/c1-11(2)16-13(20)9-19(3)10-14-17-18-15(21-14)12-7-5-4-6-8-12/h4-8,11H,9-10H2,1-3H3,(H,16,20). The van der Waals surface area contributed by atoms with Crippen molar-refractivity contribution in [2.24, 2.45) is 0 Å². The van der Waals surface area contributed by atoms with Gasteiger partial charge >= 0.3 is 0 Å². The third-order valence-corrected chi connectivity index (χ3v) is 2.76. The van der Waals surface area contributed by atoms with Crippen LogP contribution in [-0.2, 0) is 11.3 Å². The van der Waals surface area contributed by atoms with Crippen LogP contribution in [0.1, 0.15) is 19.7 Å². The first-order valence-corrected chi connectivity index (χ1v) is 6.90. The molecule has 0 bridgehead atoms. The van der Waals surface area contributed by atoms with Crippen molar-refractivity contribution in [3.63, 3.8) is 0 Å². The van der Waals surface area contributed by atoms with Crippen molar-refractivity contribution in [3.8, 4) is 11.5 Å². The molecule has 1 N–H and O–H groups in total. The maximum atomic E-state index is 11.7. The molecule has 0 saturated carbocycles. The average Bonchev–Trinajstić information content (AvgIpc) is 2.86. The topological polar surface area (TPSA) is 71.3 Å². The lowest BCUT2D eigenvalue weighted by Gasteiger charge is -2.15. The second-order valence-corrected chi connectivity index (χ2v) is 5.26. The van der Waals surface area contributed by atoms with Crippen LogP contribution < -0.4 is 5.32 Å². The molecule has 0 aliphatic heterocycles. The minimum Gasteiger partial charge on any atom is -0.419 e. The highest BCUT2D eigenvalue weighted by Crippen LogP contribution is 2.17. The van der Waals surface area contributed by atoms with Crippen molar-refractivity contribution in [2.45, 2.75) is 26.4 Å². The molecule has 0 fully saturated rings. The highest BCUT2D eigenvalue weighted by Gasteiger charge is 2.13. The maximum absolute atomic E-state index is 11.7. The lowest BCUT2D eigenvalue weighted by atomic mass is 10.2. The Balaban J connectivity index is 1.92. The monoisotopic (exact) mass is 288 g/mol. The molecular weight excluding hydrogens is 268 g/mol. The summed E-state index contributed by atoms with van der Waals surface area (Å²) in [6.45, 7) is 4.59. The van der Waals surface area contributed by atoms with Gasteiger partial charge in [-0.15, -0.1) is 10.2 Å². The first-order chi connectivity index (χ1) is 10.0. The van der Waals surface area contributed by atoms with E-state index in [4.69, 9.17) is 4.42 Å². The van der Waals surface area contributed by atoms with Gasteiger partial charge in [-0.2, -0.15) is 0 Å². The Labute approximate surface area is 124 Å². The van der Waals surface area contributed by atoms with Crippen LogP contribution in [0.25, 0.3) is 11.5 Å². The molecule has 0 saturated heterocycles. The van der Waals surface area contributed by atoms with E-state index in [1.165, 1.54) is 0 Å². The molecule has 0 spiro atoms. The highest BCUT2D eigenvalue weighted by molar-refractivity contribution is 5.78. The lowest BCUT2D eigenvalue weighted by Crippen LogP contribution is -2.38. The van der Waals surface area contributed by atoms with Gasteiger partial charge in [0, 0.05) is 11.6 Å². The van der Waals surface area contributed by atoms with E-state index in [0.717, 1.165) is 5.56 Å². The quantitative estimate of drug-likeness (QED) is 0.876. The molecule has 21 heavy (non-hydrogen) atoms. The van der Waals surface area contributed by atoms with Gasteiger partial charge in [0.15, 0.2) is 0 Å². The number of likely N-dealkylation sites (N-methyl/N-ethyl adjacent to an activating group) is 1. The number of benzene rings is 1. The second kappa shape index (κ2) is 6.99. The summed E-state index contributed by atoms with van der Waals surface area (Å²) in [4.78, 5) is 13.5. The van der Waals surface area contributed by atoms with Crippen molar-refractivity contribution in [2.75, 3.05) is 13.6 Å². The molecule has 1 heterocycles. The zero-order valence-electron chi connectivity index (χ0n) is 12.5. The minimum atomic E-state index is -0.0182. The molecule has 0 unspecified atom stereocenters. The van der Waals surface area contributed by atoms with Gasteiger partial charge in [-0.1, -0.05) is 18.2 Å². The number of hydrogen-bond donors (Lipinski definition) is 1. The van der Waals surface area contributed by atoms with Gasteiger partial charge < -0.3 is 9.73 Å². The van der Waals surface area contributed by atoms with Crippen molar-refractivity contribution >= 4 is 5.91 Å². The van der Waals surface area contributed by atoms with E-state index in [1.807, 2.05) is 56.1 Å². The Kier molecular flexibility index (Phi) is 5.05. The van der Waals surface area contributed by atoms with Crippen molar-refractivity contribution < 1.29 is 9.21 Å². The molecule has 6 heteroatoms. The molecule has 0 atom stereocenters. The Bertz CT molecular complexity index is 580. The van der Waals surface area contributed by atoms with Crippen LogP contribution in [0.5, 0.6) is 0 Å². The summed E-state index contributed by atoms with van der Waals surface area (Å²) < 4.78 is 5.61. The van der Waals surface area contributed by atoms with Crippen LogP contribution in [0.3, 0.4) is 0 Å². The smallest absolute Gasteiger partial charge is 0.247 e. The normalized spacial score (nSPS) is 11.1. The molecule has 0 aliphatic carbocycles. The number of aromatic nitrogens is 2. The van der Waals surface area contributed by atoms with E-state index in [9.17, 15) is 4.79 Å². The Morgan fingerprint density at radius 2 is 2.00 bits per heavy atom. The first-order valence-electron chi connectivity index (χ1n) is 6.90. The first kappa shape index (κ1) is 15.2. The van der Waals surface area contributed by atoms with Gasteiger partial charge in [0.2, 0.25) is 17.7 Å². The summed E-state index contributed by atoms with van der Waals surface area (Å²) in [7, 11) is 1.84. The number of nitrogens with one attached hydrogen (secondary N) is 1. The van der Waals surface area contributed by atoms with E-state index >= 15 is 0 Å². The van der Waals surface area contributed by atoms with Gasteiger partial charge in [0.05, 0.1) is 13.1 Å². The molecule has 112 valence electrons. The van der Waals surface area contributed by atoms with Crippen LogP contribution in [0.2, 0.25) is 0 Å². The molecule has 6 nitrogen and oxygen atoms in total. The molecule has 0 radical (unpaired) electrons. The summed E-state index contributed by atoms with van der Waals surface area (Å²) >= 11 is 0. The van der Waals surface area contributed by atoms with E-state index in [2.05, 4.69) is 15.5 Å². The van der Waals surface area contributed by atoms with Gasteiger partial charge in [0.1, 0.15) is 0 Å². The van der Waals surface area contributed by atoms with Gasteiger partial charge in [0.25, 0.3) is 0 Å². The zero-order valence-corrected chi connectivity index (χ0v) is 12.5. The zero-order chi connectivity index (χ0) is 15.2. The maximum Gasteiger partial charge on any atom is 0.247 e. The minimum absolute atomic E-state index is 0.0182. The van der Waals surface area contributed by atoms with Crippen LogP contribution in [0, 0.1) is 0 Å². The van der Waals surface area contributed by atoms with E-state index in [0.29, 0.717) is 24.9 Å². The van der Waals surface area contributed by atoms with Crippen LogP contribution in [0.15, 0.2) is 34.7 Å². The molecule has 1 aromatic carbocycles. The summed E-state index contributed by atoms with van der Waals surface area (Å²) in [5, 5.41) is 10.9. The molecular formula is C15H20N4O2. The molecule has 1 aromatic heterocycles. The molecule has 2 rings (SSSR count).